The fourth-order valence-electron chi connectivity index (χ4n) is 1.75. The minimum Gasteiger partial charge on any atom is -0.366 e. The van der Waals surface area contributed by atoms with E-state index in [0.29, 0.717) is 5.69 Å². The van der Waals surface area contributed by atoms with Crippen LogP contribution in [0.25, 0.3) is 6.08 Å². The maximum Gasteiger partial charge on any atom is 0.323 e. The van der Waals surface area contributed by atoms with Crippen molar-refractivity contribution < 1.29 is 9.59 Å². The second-order valence-electron chi connectivity index (χ2n) is 4.39. The van der Waals surface area contributed by atoms with Crippen molar-refractivity contribution in [1.82, 2.24) is 5.32 Å². The summed E-state index contributed by atoms with van der Waals surface area (Å²) in [7, 11) is 0. The average molecular weight is 360 g/mol. The van der Waals surface area contributed by atoms with Gasteiger partial charge in [0.1, 0.15) is 0 Å². The Morgan fingerprint density at radius 1 is 1.05 bits per heavy atom. The molecule has 0 aromatic heterocycles. The number of anilines is 1. The summed E-state index contributed by atoms with van der Waals surface area (Å²) >= 11 is 3.35. The Morgan fingerprint density at radius 3 is 2.41 bits per heavy atom. The van der Waals surface area contributed by atoms with Crippen molar-refractivity contribution in [3.8, 4) is 0 Å². The molecule has 0 unspecified atom stereocenters. The predicted octanol–water partition coefficient (Wildman–Crippen LogP) is 3.34. The molecule has 0 atom stereocenters. The van der Waals surface area contributed by atoms with E-state index >= 15 is 0 Å². The Morgan fingerprint density at radius 2 is 1.73 bits per heavy atom. The normalized spacial score (nSPS) is 10.4. The van der Waals surface area contributed by atoms with E-state index in [2.05, 4.69) is 26.6 Å². The summed E-state index contributed by atoms with van der Waals surface area (Å²) < 4.78 is 0.985. The highest BCUT2D eigenvalue weighted by Gasteiger charge is 2.08. The van der Waals surface area contributed by atoms with E-state index in [1.165, 1.54) is 6.20 Å². The van der Waals surface area contributed by atoms with E-state index < -0.39 is 11.9 Å². The number of amides is 3. The number of para-hydroxylation sites is 1. The molecule has 6 heteroatoms. The lowest BCUT2D eigenvalue weighted by Crippen LogP contribution is -2.25. The van der Waals surface area contributed by atoms with Crippen molar-refractivity contribution >= 4 is 39.6 Å². The number of primary amides is 1. The molecule has 5 nitrogen and oxygen atoms in total. The summed E-state index contributed by atoms with van der Waals surface area (Å²) in [5.41, 5.74) is 6.82. The second-order valence-corrected chi connectivity index (χ2v) is 5.31. The van der Waals surface area contributed by atoms with Gasteiger partial charge in [0.15, 0.2) is 0 Å². The van der Waals surface area contributed by atoms with Crippen molar-refractivity contribution in [3.63, 3.8) is 0 Å². The van der Waals surface area contributed by atoms with E-state index in [1.54, 1.807) is 30.3 Å². The zero-order chi connectivity index (χ0) is 15.9. The predicted molar refractivity (Wildman–Crippen MR) is 90.3 cm³/mol. The van der Waals surface area contributed by atoms with Gasteiger partial charge in [-0.15, -0.1) is 0 Å². The molecule has 22 heavy (non-hydrogen) atoms. The fourth-order valence-corrected chi connectivity index (χ4v) is 2.02. The lowest BCUT2D eigenvalue weighted by Gasteiger charge is -2.08. The number of carbonyl (C=O) groups is 2. The molecule has 0 heterocycles. The van der Waals surface area contributed by atoms with Gasteiger partial charge in [0, 0.05) is 10.7 Å². The molecule has 0 spiro atoms. The summed E-state index contributed by atoms with van der Waals surface area (Å²) in [6.45, 7) is 0. The van der Waals surface area contributed by atoms with E-state index in [-0.39, 0.29) is 5.56 Å². The highest BCUT2D eigenvalue weighted by molar-refractivity contribution is 9.10. The molecule has 4 N–H and O–H groups in total. The second kappa shape index (κ2) is 7.42. The number of carbonyl (C=O) groups excluding carboxylic acids is 2. The molecule has 2 rings (SSSR count). The van der Waals surface area contributed by atoms with E-state index in [4.69, 9.17) is 5.73 Å². The summed E-state index contributed by atoms with van der Waals surface area (Å²) in [4.78, 5) is 23.1. The minimum atomic E-state index is -0.596. The monoisotopic (exact) mass is 359 g/mol. The summed E-state index contributed by atoms with van der Waals surface area (Å²) in [6, 6.07) is 13.7. The zero-order valence-corrected chi connectivity index (χ0v) is 13.1. The first-order chi connectivity index (χ1) is 10.6. The van der Waals surface area contributed by atoms with Crippen molar-refractivity contribution in [1.29, 1.82) is 0 Å². The van der Waals surface area contributed by atoms with Crippen LogP contribution in [0.15, 0.2) is 59.2 Å². The largest absolute Gasteiger partial charge is 0.366 e. The van der Waals surface area contributed by atoms with Gasteiger partial charge < -0.3 is 16.4 Å². The van der Waals surface area contributed by atoms with Gasteiger partial charge in [-0.05, 0) is 35.9 Å². The number of halogens is 1. The van der Waals surface area contributed by atoms with Crippen molar-refractivity contribution in [2.75, 3.05) is 5.32 Å². The molecule has 2 aromatic carbocycles. The smallest absolute Gasteiger partial charge is 0.323 e. The van der Waals surface area contributed by atoms with Crippen LogP contribution in [-0.4, -0.2) is 11.9 Å². The number of hydrogen-bond donors (Lipinski definition) is 3. The van der Waals surface area contributed by atoms with E-state index in [1.807, 2.05) is 24.3 Å². The SMILES string of the molecule is NC(=O)c1ccccc1NC(=O)N/C=C/c1ccc(Br)cc1. The fraction of sp³-hybridized carbons (Fsp3) is 0. The Labute approximate surface area is 136 Å². The first-order valence-corrected chi connectivity index (χ1v) is 7.24. The average Bonchev–Trinajstić information content (AvgIpc) is 2.49. The van der Waals surface area contributed by atoms with Crippen LogP contribution in [0.4, 0.5) is 10.5 Å². The number of hydrogen-bond acceptors (Lipinski definition) is 2. The number of urea groups is 1. The van der Waals surface area contributed by atoms with Crippen molar-refractivity contribution in [2.24, 2.45) is 5.73 Å². The molecule has 3 amide bonds. The number of benzene rings is 2. The Bertz CT molecular complexity index is 712. The quantitative estimate of drug-likeness (QED) is 0.781. The van der Waals surface area contributed by atoms with E-state index in [9.17, 15) is 9.59 Å². The summed E-state index contributed by atoms with van der Waals surface area (Å²) in [5.74, 6) is -0.596. The maximum atomic E-state index is 11.8. The van der Waals surface area contributed by atoms with Gasteiger partial charge in [-0.1, -0.05) is 40.2 Å². The minimum absolute atomic E-state index is 0.259. The van der Waals surface area contributed by atoms with Crippen LogP contribution in [0, 0.1) is 0 Å². The van der Waals surface area contributed by atoms with Crippen LogP contribution in [-0.2, 0) is 0 Å². The van der Waals surface area contributed by atoms with Crippen LogP contribution in [0.3, 0.4) is 0 Å². The molecule has 0 saturated heterocycles. The lowest BCUT2D eigenvalue weighted by atomic mass is 10.1. The van der Waals surface area contributed by atoms with Crippen LogP contribution in [0.1, 0.15) is 15.9 Å². The van der Waals surface area contributed by atoms with Crippen LogP contribution >= 0.6 is 15.9 Å². The molecule has 0 aliphatic rings. The first-order valence-electron chi connectivity index (χ1n) is 6.45. The zero-order valence-electron chi connectivity index (χ0n) is 11.5. The number of rotatable bonds is 4. The van der Waals surface area contributed by atoms with Gasteiger partial charge in [0.2, 0.25) is 0 Å². The molecule has 0 bridgehead atoms. The molecule has 0 saturated carbocycles. The standard InChI is InChI=1S/C16H14BrN3O2/c17-12-7-5-11(6-8-12)9-10-19-16(22)20-14-4-2-1-3-13(14)15(18)21/h1-10H,(H2,18,21)(H2,19,20,22)/b10-9+. The highest BCUT2D eigenvalue weighted by Crippen LogP contribution is 2.14. The third-order valence-corrected chi connectivity index (χ3v) is 3.33. The number of nitrogens with two attached hydrogens (primary N) is 1. The van der Waals surface area contributed by atoms with Gasteiger partial charge in [0.25, 0.3) is 5.91 Å². The summed E-state index contributed by atoms with van der Waals surface area (Å²) in [5, 5.41) is 5.14. The van der Waals surface area contributed by atoms with Crippen LogP contribution < -0.4 is 16.4 Å². The van der Waals surface area contributed by atoms with Crippen LogP contribution in [0.5, 0.6) is 0 Å². The lowest BCUT2D eigenvalue weighted by molar-refractivity contribution is 0.100. The molecule has 0 aliphatic carbocycles. The van der Waals surface area contributed by atoms with Gasteiger partial charge >= 0.3 is 6.03 Å². The molecular weight excluding hydrogens is 346 g/mol. The first kappa shape index (κ1) is 15.8. The van der Waals surface area contributed by atoms with Gasteiger partial charge in [-0.3, -0.25) is 4.79 Å². The summed E-state index contributed by atoms with van der Waals surface area (Å²) in [6.07, 6.45) is 3.28. The molecule has 112 valence electrons. The molecule has 0 aliphatic heterocycles. The topological polar surface area (TPSA) is 84.2 Å². The number of nitrogens with one attached hydrogen (secondary N) is 2. The Kier molecular flexibility index (Phi) is 5.32. The molecule has 2 aromatic rings. The Hall–Kier alpha value is -2.60. The van der Waals surface area contributed by atoms with Gasteiger partial charge in [0.05, 0.1) is 11.3 Å². The van der Waals surface area contributed by atoms with Crippen LogP contribution in [0.2, 0.25) is 0 Å². The maximum absolute atomic E-state index is 11.8. The highest BCUT2D eigenvalue weighted by atomic mass is 79.9. The third kappa shape index (κ3) is 4.46. The molecular formula is C16H14BrN3O2. The Balaban J connectivity index is 1.96. The molecule has 0 fully saturated rings. The van der Waals surface area contributed by atoms with Crippen molar-refractivity contribution in [2.45, 2.75) is 0 Å². The third-order valence-electron chi connectivity index (χ3n) is 2.80. The van der Waals surface area contributed by atoms with Gasteiger partial charge in [-0.2, -0.15) is 0 Å². The van der Waals surface area contributed by atoms with Crippen molar-refractivity contribution in [3.05, 3.63) is 70.3 Å². The van der Waals surface area contributed by atoms with Gasteiger partial charge in [-0.25, -0.2) is 4.79 Å². The van der Waals surface area contributed by atoms with E-state index in [0.717, 1.165) is 10.0 Å². The molecule has 0 radical (unpaired) electrons.